The Kier molecular flexibility index (Phi) is 6.96. The molecule has 1 rings (SSSR count). The third kappa shape index (κ3) is 6.95. The highest BCUT2D eigenvalue weighted by atomic mass is 35.5. The second kappa shape index (κ2) is 8.47. The molecule has 0 spiro atoms. The third-order valence-electron chi connectivity index (χ3n) is 3.10. The van der Waals surface area contributed by atoms with Crippen molar-refractivity contribution >= 4 is 29.6 Å². The predicted octanol–water partition coefficient (Wildman–Crippen LogP) is 3.28. The lowest BCUT2D eigenvalue weighted by Gasteiger charge is -2.09. The van der Waals surface area contributed by atoms with Crippen molar-refractivity contribution in [3.63, 3.8) is 0 Å². The first-order valence-corrected chi connectivity index (χ1v) is 7.20. The van der Waals surface area contributed by atoms with E-state index in [2.05, 4.69) is 5.32 Å². The molecule has 5 heteroatoms. The Hall–Kier alpha value is -1.81. The number of hydrogen-bond donors (Lipinski definition) is 2. The monoisotopic (exact) mass is 309 g/mol. The molecular weight excluding hydrogens is 290 g/mol. The highest BCUT2D eigenvalue weighted by Crippen LogP contribution is 2.17. The molecule has 4 nitrogen and oxygen atoms in total. The van der Waals surface area contributed by atoms with Crippen LogP contribution in [-0.2, 0) is 9.59 Å². The lowest BCUT2D eigenvalue weighted by Crippen LogP contribution is -2.26. The molecule has 1 aromatic carbocycles. The van der Waals surface area contributed by atoms with E-state index in [1.807, 2.05) is 26.0 Å². The standard InChI is InChI=1S/C16H20ClNO3/c1-11(3-8-16(20)21)10-18-15(19)7-6-13-5-4-12(2)14(17)9-13/h4-7,9,11H,3,8,10H2,1-2H3,(H,18,19)(H,20,21)/b7-6+. The Morgan fingerprint density at radius 1 is 1.43 bits per heavy atom. The van der Waals surface area contributed by atoms with Crippen LogP contribution in [0, 0.1) is 12.8 Å². The van der Waals surface area contributed by atoms with Gasteiger partial charge in [-0.3, -0.25) is 9.59 Å². The van der Waals surface area contributed by atoms with E-state index in [0.717, 1.165) is 11.1 Å². The summed E-state index contributed by atoms with van der Waals surface area (Å²) in [6, 6.07) is 5.59. The van der Waals surface area contributed by atoms with Gasteiger partial charge in [-0.15, -0.1) is 0 Å². The quantitative estimate of drug-likeness (QED) is 0.760. The zero-order valence-corrected chi connectivity index (χ0v) is 13.0. The molecule has 1 aromatic rings. The summed E-state index contributed by atoms with van der Waals surface area (Å²) in [7, 11) is 0. The number of carbonyl (C=O) groups is 2. The zero-order valence-electron chi connectivity index (χ0n) is 12.2. The topological polar surface area (TPSA) is 66.4 Å². The summed E-state index contributed by atoms with van der Waals surface area (Å²) in [6.45, 7) is 4.29. The molecule has 0 saturated heterocycles. The first kappa shape index (κ1) is 17.2. The first-order chi connectivity index (χ1) is 9.88. The maximum Gasteiger partial charge on any atom is 0.303 e. The molecule has 0 aliphatic heterocycles. The van der Waals surface area contributed by atoms with E-state index in [4.69, 9.17) is 16.7 Å². The maximum atomic E-state index is 11.7. The van der Waals surface area contributed by atoms with Gasteiger partial charge in [-0.1, -0.05) is 30.7 Å². The fourth-order valence-electron chi connectivity index (χ4n) is 1.69. The van der Waals surface area contributed by atoms with Gasteiger partial charge in [0, 0.05) is 24.1 Å². The van der Waals surface area contributed by atoms with Crippen molar-refractivity contribution < 1.29 is 14.7 Å². The van der Waals surface area contributed by atoms with Crippen LogP contribution >= 0.6 is 11.6 Å². The SMILES string of the molecule is Cc1ccc(/C=C/C(=O)NCC(C)CCC(=O)O)cc1Cl. The summed E-state index contributed by atoms with van der Waals surface area (Å²) >= 11 is 6.01. The van der Waals surface area contributed by atoms with Crippen LogP contribution in [0.2, 0.25) is 5.02 Å². The molecular formula is C16H20ClNO3. The molecule has 0 heterocycles. The number of carbonyl (C=O) groups excluding carboxylic acids is 1. The number of rotatable bonds is 7. The summed E-state index contributed by atoms with van der Waals surface area (Å²) < 4.78 is 0. The smallest absolute Gasteiger partial charge is 0.303 e. The van der Waals surface area contributed by atoms with Crippen LogP contribution in [0.1, 0.15) is 30.9 Å². The summed E-state index contributed by atoms with van der Waals surface area (Å²) in [5, 5.41) is 12.0. The molecule has 1 amide bonds. The Morgan fingerprint density at radius 3 is 2.76 bits per heavy atom. The molecule has 0 saturated carbocycles. The van der Waals surface area contributed by atoms with Gasteiger partial charge in [-0.05, 0) is 42.5 Å². The molecule has 0 aromatic heterocycles. The van der Waals surface area contributed by atoms with Crippen LogP contribution in [-0.4, -0.2) is 23.5 Å². The molecule has 1 unspecified atom stereocenters. The highest BCUT2D eigenvalue weighted by molar-refractivity contribution is 6.31. The van der Waals surface area contributed by atoms with Crippen LogP contribution in [0.5, 0.6) is 0 Å². The molecule has 0 radical (unpaired) electrons. The number of aryl methyl sites for hydroxylation is 1. The second-order valence-electron chi connectivity index (χ2n) is 5.12. The lowest BCUT2D eigenvalue weighted by molar-refractivity contribution is -0.137. The number of carboxylic acid groups (broad SMARTS) is 1. The van der Waals surface area contributed by atoms with Gasteiger partial charge in [0.1, 0.15) is 0 Å². The minimum absolute atomic E-state index is 0.120. The van der Waals surface area contributed by atoms with Crippen molar-refractivity contribution in [3.05, 3.63) is 40.4 Å². The maximum absolute atomic E-state index is 11.7. The molecule has 21 heavy (non-hydrogen) atoms. The van der Waals surface area contributed by atoms with Gasteiger partial charge in [-0.2, -0.15) is 0 Å². The molecule has 2 N–H and O–H groups in total. The normalized spacial score (nSPS) is 12.3. The third-order valence-corrected chi connectivity index (χ3v) is 3.51. The molecule has 1 atom stereocenters. The van der Waals surface area contributed by atoms with Crippen LogP contribution in [0.4, 0.5) is 0 Å². The van der Waals surface area contributed by atoms with Crippen LogP contribution in [0.3, 0.4) is 0 Å². The van der Waals surface area contributed by atoms with Crippen molar-refractivity contribution in [2.45, 2.75) is 26.7 Å². The number of nitrogens with one attached hydrogen (secondary N) is 1. The average molecular weight is 310 g/mol. The molecule has 0 aliphatic rings. The van der Waals surface area contributed by atoms with Crippen molar-refractivity contribution in [1.29, 1.82) is 0 Å². The number of benzene rings is 1. The van der Waals surface area contributed by atoms with E-state index in [0.29, 0.717) is 18.0 Å². The summed E-state index contributed by atoms with van der Waals surface area (Å²) in [4.78, 5) is 22.1. The van der Waals surface area contributed by atoms with Crippen LogP contribution in [0.25, 0.3) is 6.08 Å². The predicted molar refractivity (Wildman–Crippen MR) is 84.3 cm³/mol. The van der Waals surface area contributed by atoms with E-state index in [1.54, 1.807) is 12.1 Å². The van der Waals surface area contributed by atoms with Crippen LogP contribution < -0.4 is 5.32 Å². The molecule has 114 valence electrons. The minimum Gasteiger partial charge on any atom is -0.481 e. The summed E-state index contributed by atoms with van der Waals surface area (Å²) in [5.74, 6) is -0.884. The van der Waals surface area contributed by atoms with Gasteiger partial charge in [0.2, 0.25) is 5.91 Å². The van der Waals surface area contributed by atoms with Crippen molar-refractivity contribution in [2.24, 2.45) is 5.92 Å². The van der Waals surface area contributed by atoms with Crippen LogP contribution in [0.15, 0.2) is 24.3 Å². The Morgan fingerprint density at radius 2 is 2.14 bits per heavy atom. The van der Waals surface area contributed by atoms with E-state index in [1.165, 1.54) is 6.08 Å². The zero-order chi connectivity index (χ0) is 15.8. The largest absolute Gasteiger partial charge is 0.481 e. The molecule has 0 bridgehead atoms. The summed E-state index contributed by atoms with van der Waals surface area (Å²) in [5.41, 5.74) is 1.85. The van der Waals surface area contributed by atoms with Crippen molar-refractivity contribution in [2.75, 3.05) is 6.54 Å². The van der Waals surface area contributed by atoms with Gasteiger partial charge in [0.15, 0.2) is 0 Å². The number of hydrogen-bond acceptors (Lipinski definition) is 2. The van der Waals surface area contributed by atoms with Crippen molar-refractivity contribution in [1.82, 2.24) is 5.32 Å². The Balaban J connectivity index is 2.40. The lowest BCUT2D eigenvalue weighted by atomic mass is 10.1. The first-order valence-electron chi connectivity index (χ1n) is 6.82. The Labute approximate surface area is 129 Å². The van der Waals surface area contributed by atoms with E-state index >= 15 is 0 Å². The number of amides is 1. The fraction of sp³-hybridized carbons (Fsp3) is 0.375. The van der Waals surface area contributed by atoms with Gasteiger partial charge in [0.05, 0.1) is 0 Å². The number of halogens is 1. The van der Waals surface area contributed by atoms with Gasteiger partial charge in [0.25, 0.3) is 0 Å². The van der Waals surface area contributed by atoms with Crippen molar-refractivity contribution in [3.8, 4) is 0 Å². The summed E-state index contributed by atoms with van der Waals surface area (Å²) in [6.07, 6.45) is 3.81. The van der Waals surface area contributed by atoms with E-state index in [9.17, 15) is 9.59 Å². The van der Waals surface area contributed by atoms with Gasteiger partial charge in [-0.25, -0.2) is 0 Å². The number of aliphatic carboxylic acids is 1. The van der Waals surface area contributed by atoms with Gasteiger partial charge < -0.3 is 10.4 Å². The minimum atomic E-state index is -0.815. The van der Waals surface area contributed by atoms with E-state index < -0.39 is 5.97 Å². The Bertz CT molecular complexity index is 540. The van der Waals surface area contributed by atoms with Gasteiger partial charge >= 0.3 is 5.97 Å². The molecule has 0 fully saturated rings. The highest BCUT2D eigenvalue weighted by Gasteiger charge is 2.06. The molecule has 0 aliphatic carbocycles. The number of carboxylic acids is 1. The van der Waals surface area contributed by atoms with E-state index in [-0.39, 0.29) is 18.2 Å². The second-order valence-corrected chi connectivity index (χ2v) is 5.53. The fourth-order valence-corrected chi connectivity index (χ4v) is 1.88. The average Bonchev–Trinajstić information content (AvgIpc) is 2.44.